The third kappa shape index (κ3) is 4.32. The number of nitrogens with one attached hydrogen (secondary N) is 2. The van der Waals surface area contributed by atoms with Gasteiger partial charge >= 0.3 is 0 Å². The highest BCUT2D eigenvalue weighted by atomic mass is 32.2. The first-order valence-corrected chi connectivity index (χ1v) is 12.7. The lowest BCUT2D eigenvalue weighted by atomic mass is 10.2. The van der Waals surface area contributed by atoms with Gasteiger partial charge in [-0.25, -0.2) is 21.1 Å². The quantitative estimate of drug-likeness (QED) is 0.552. The second-order valence-corrected chi connectivity index (χ2v) is 10.8. The predicted octanol–water partition coefficient (Wildman–Crippen LogP) is 2.58. The molecule has 1 aliphatic heterocycles. The summed E-state index contributed by atoms with van der Waals surface area (Å²) in [6, 6.07) is 18.0. The third-order valence-electron chi connectivity index (χ3n) is 5.04. The van der Waals surface area contributed by atoms with Crippen molar-refractivity contribution in [3.8, 4) is 0 Å². The molecular formula is C22H19N3O6S2. The van der Waals surface area contributed by atoms with Crippen molar-refractivity contribution < 1.29 is 26.4 Å². The maximum atomic E-state index is 12.6. The van der Waals surface area contributed by atoms with E-state index in [2.05, 4.69) is 10.0 Å². The number of amides is 2. The van der Waals surface area contributed by atoms with Crippen LogP contribution in [0, 0.1) is 6.92 Å². The summed E-state index contributed by atoms with van der Waals surface area (Å²) in [5.74, 6) is -1.52. The number of hydrogen-bond donors (Lipinski definition) is 2. The van der Waals surface area contributed by atoms with Gasteiger partial charge in [-0.3, -0.25) is 14.3 Å². The van der Waals surface area contributed by atoms with Crippen molar-refractivity contribution in [2.45, 2.75) is 16.7 Å². The van der Waals surface area contributed by atoms with Crippen molar-refractivity contribution in [3.63, 3.8) is 0 Å². The lowest BCUT2D eigenvalue weighted by molar-refractivity contribution is -0.116. The molecule has 2 amide bonds. The molecule has 1 heterocycles. The van der Waals surface area contributed by atoms with Gasteiger partial charge in [0.15, 0.2) is 0 Å². The summed E-state index contributed by atoms with van der Waals surface area (Å²) in [6.45, 7) is 1.07. The van der Waals surface area contributed by atoms with E-state index < -0.39 is 38.4 Å². The van der Waals surface area contributed by atoms with Crippen LogP contribution in [0.4, 0.5) is 11.4 Å². The Labute approximate surface area is 191 Å². The average molecular weight is 486 g/mol. The van der Waals surface area contributed by atoms with Gasteiger partial charge in [-0.1, -0.05) is 30.3 Å². The number of carbonyl (C=O) groups is 2. The summed E-state index contributed by atoms with van der Waals surface area (Å²) >= 11 is 0. The molecule has 33 heavy (non-hydrogen) atoms. The van der Waals surface area contributed by atoms with Gasteiger partial charge in [-0.05, 0) is 55.0 Å². The molecule has 0 fully saturated rings. The second-order valence-electron chi connectivity index (χ2n) is 7.31. The van der Waals surface area contributed by atoms with Gasteiger partial charge < -0.3 is 5.32 Å². The Morgan fingerprint density at radius 2 is 1.58 bits per heavy atom. The number of benzene rings is 3. The molecule has 9 nitrogen and oxygen atoms in total. The van der Waals surface area contributed by atoms with Crippen molar-refractivity contribution in [1.82, 2.24) is 4.31 Å². The number of carbonyl (C=O) groups excluding carboxylic acids is 2. The number of nitrogens with zero attached hydrogens (tertiary/aromatic N) is 1. The van der Waals surface area contributed by atoms with E-state index in [1.54, 1.807) is 37.3 Å². The van der Waals surface area contributed by atoms with Crippen molar-refractivity contribution in [1.29, 1.82) is 0 Å². The van der Waals surface area contributed by atoms with Crippen LogP contribution < -0.4 is 10.0 Å². The van der Waals surface area contributed by atoms with E-state index in [0.29, 0.717) is 9.99 Å². The molecular weight excluding hydrogens is 466 g/mol. The van der Waals surface area contributed by atoms with E-state index in [4.69, 9.17) is 0 Å². The fourth-order valence-electron chi connectivity index (χ4n) is 3.33. The SMILES string of the molecule is Cc1ccccc1NS(=O)(=O)c1ccc(NC(=O)CN2C(=O)c3ccccc3S2(=O)=O)cc1. The minimum absolute atomic E-state index is 0.0148. The third-order valence-corrected chi connectivity index (χ3v) is 8.21. The van der Waals surface area contributed by atoms with Crippen molar-refractivity contribution >= 4 is 43.2 Å². The van der Waals surface area contributed by atoms with Gasteiger partial charge in [0, 0.05) is 5.69 Å². The number of anilines is 2. The fourth-order valence-corrected chi connectivity index (χ4v) is 5.98. The Bertz CT molecular complexity index is 1470. The molecule has 1 aliphatic rings. The van der Waals surface area contributed by atoms with Gasteiger partial charge in [0.1, 0.15) is 11.4 Å². The number of fused-ring (bicyclic) bond motifs is 1. The number of hydrogen-bond acceptors (Lipinski definition) is 6. The van der Waals surface area contributed by atoms with Crippen LogP contribution >= 0.6 is 0 Å². The fraction of sp³-hybridized carbons (Fsp3) is 0.0909. The van der Waals surface area contributed by atoms with Crippen molar-refractivity contribution in [2.75, 3.05) is 16.6 Å². The van der Waals surface area contributed by atoms with E-state index in [-0.39, 0.29) is 21.0 Å². The first-order valence-electron chi connectivity index (χ1n) is 9.74. The van der Waals surface area contributed by atoms with Crippen LogP contribution in [0.2, 0.25) is 0 Å². The minimum Gasteiger partial charge on any atom is -0.325 e. The van der Waals surface area contributed by atoms with Gasteiger partial charge in [0.05, 0.1) is 16.1 Å². The van der Waals surface area contributed by atoms with Gasteiger partial charge in [-0.2, -0.15) is 0 Å². The van der Waals surface area contributed by atoms with Crippen molar-refractivity contribution in [3.05, 3.63) is 83.9 Å². The highest BCUT2D eigenvalue weighted by Gasteiger charge is 2.41. The van der Waals surface area contributed by atoms with Gasteiger partial charge in [0.2, 0.25) is 5.91 Å². The maximum Gasteiger partial charge on any atom is 0.269 e. The summed E-state index contributed by atoms with van der Waals surface area (Å²) < 4.78 is 53.4. The summed E-state index contributed by atoms with van der Waals surface area (Å²) in [7, 11) is -7.95. The smallest absolute Gasteiger partial charge is 0.269 e. The standard InChI is InChI=1S/C22H19N3O6S2/c1-15-6-2-4-8-19(15)24-32(28,29)17-12-10-16(11-13-17)23-21(26)14-25-22(27)18-7-3-5-9-20(18)33(25,30)31/h2-13,24H,14H2,1H3,(H,23,26). The topological polar surface area (TPSA) is 130 Å². The van der Waals surface area contributed by atoms with E-state index in [1.165, 1.54) is 42.5 Å². The predicted molar refractivity (Wildman–Crippen MR) is 122 cm³/mol. The average Bonchev–Trinajstić information content (AvgIpc) is 2.96. The number of para-hydroxylation sites is 1. The maximum absolute atomic E-state index is 12.6. The molecule has 0 aliphatic carbocycles. The van der Waals surface area contributed by atoms with Crippen LogP contribution in [0.1, 0.15) is 15.9 Å². The highest BCUT2D eigenvalue weighted by Crippen LogP contribution is 2.29. The molecule has 0 aromatic heterocycles. The van der Waals surface area contributed by atoms with E-state index in [9.17, 15) is 26.4 Å². The van der Waals surface area contributed by atoms with Crippen LogP contribution in [-0.4, -0.2) is 39.5 Å². The first-order chi connectivity index (χ1) is 15.6. The Morgan fingerprint density at radius 3 is 2.24 bits per heavy atom. The molecule has 3 aromatic carbocycles. The van der Waals surface area contributed by atoms with Crippen LogP contribution in [0.25, 0.3) is 0 Å². The summed E-state index contributed by atoms with van der Waals surface area (Å²) in [4.78, 5) is 24.7. The normalized spacial score (nSPS) is 14.6. The molecule has 11 heteroatoms. The molecule has 0 saturated carbocycles. The van der Waals surface area contributed by atoms with Crippen LogP contribution in [0.3, 0.4) is 0 Å². The Balaban J connectivity index is 1.45. The number of aryl methyl sites for hydroxylation is 1. The van der Waals surface area contributed by atoms with Gasteiger partial charge in [-0.15, -0.1) is 0 Å². The van der Waals surface area contributed by atoms with E-state index >= 15 is 0 Å². The highest BCUT2D eigenvalue weighted by molar-refractivity contribution is 7.92. The zero-order chi connectivity index (χ0) is 23.8. The molecule has 4 rings (SSSR count). The molecule has 0 radical (unpaired) electrons. The molecule has 3 aromatic rings. The van der Waals surface area contributed by atoms with E-state index in [0.717, 1.165) is 5.56 Å². The van der Waals surface area contributed by atoms with Crippen LogP contribution in [-0.2, 0) is 24.8 Å². The zero-order valence-electron chi connectivity index (χ0n) is 17.3. The second kappa shape index (κ2) is 8.34. The lowest BCUT2D eigenvalue weighted by Gasteiger charge is -2.15. The molecule has 0 atom stereocenters. The first kappa shape index (κ1) is 22.5. The lowest BCUT2D eigenvalue weighted by Crippen LogP contribution is -2.37. The molecule has 0 saturated heterocycles. The number of sulfonamides is 2. The molecule has 0 bridgehead atoms. The Kier molecular flexibility index (Phi) is 5.68. The van der Waals surface area contributed by atoms with E-state index in [1.807, 2.05) is 0 Å². The summed E-state index contributed by atoms with van der Waals surface area (Å²) in [5, 5.41) is 2.48. The van der Waals surface area contributed by atoms with Gasteiger partial charge in [0.25, 0.3) is 26.0 Å². The Morgan fingerprint density at radius 1 is 0.939 bits per heavy atom. The Hall–Kier alpha value is -3.70. The molecule has 170 valence electrons. The molecule has 0 spiro atoms. The summed E-state index contributed by atoms with van der Waals surface area (Å²) in [6.07, 6.45) is 0. The number of rotatable bonds is 6. The largest absolute Gasteiger partial charge is 0.325 e. The minimum atomic E-state index is -4.11. The molecule has 0 unspecified atom stereocenters. The van der Waals surface area contributed by atoms with Crippen molar-refractivity contribution in [2.24, 2.45) is 0 Å². The summed E-state index contributed by atoms with van der Waals surface area (Å²) in [5.41, 5.74) is 1.48. The monoisotopic (exact) mass is 485 g/mol. The van der Waals surface area contributed by atoms with Crippen LogP contribution in [0.15, 0.2) is 82.6 Å². The van der Waals surface area contributed by atoms with Crippen LogP contribution in [0.5, 0.6) is 0 Å². The molecule has 2 N–H and O–H groups in total. The zero-order valence-corrected chi connectivity index (χ0v) is 19.0.